The summed E-state index contributed by atoms with van der Waals surface area (Å²) in [6.45, 7) is -0.00986. The van der Waals surface area contributed by atoms with E-state index in [2.05, 4.69) is 3.53 Å². The Bertz CT molecular complexity index is 62.0. The molecule has 0 fully saturated rings. The zero-order valence-corrected chi connectivity index (χ0v) is 6.08. The molecule has 0 radical (unpaired) electrons. The van der Waals surface area contributed by atoms with E-state index in [1.165, 1.54) is 0 Å². The lowest BCUT2D eigenvalue weighted by Crippen LogP contribution is -2.14. The van der Waals surface area contributed by atoms with Crippen molar-refractivity contribution in [2.75, 3.05) is 6.54 Å². The normalized spacial score (nSPS) is 12.0. The van der Waals surface area contributed by atoms with E-state index in [0.717, 1.165) is 0 Å². The Morgan fingerprint density at radius 2 is 1.88 bits per heavy atom. The molecule has 0 rings (SSSR count). The Morgan fingerprint density at radius 3 is 2.00 bits per heavy atom. The van der Waals surface area contributed by atoms with Crippen LogP contribution in [0.15, 0.2) is 0 Å². The molecule has 5 heteroatoms. The summed E-state index contributed by atoms with van der Waals surface area (Å²) in [5.74, 6) is 0. The van der Waals surface area contributed by atoms with Gasteiger partial charge in [-0.1, -0.05) is 0 Å². The molecule has 0 spiro atoms. The van der Waals surface area contributed by atoms with Crippen LogP contribution < -0.4 is 3.53 Å². The summed E-state index contributed by atoms with van der Waals surface area (Å²) in [5, 5.41) is 0. The maximum Gasteiger partial charge on any atom is 0.390 e. The molecule has 8 heavy (non-hydrogen) atoms. The van der Waals surface area contributed by atoms with Crippen molar-refractivity contribution in [2.45, 2.75) is 12.6 Å². The minimum Gasteiger partial charge on any atom is -0.261 e. The summed E-state index contributed by atoms with van der Waals surface area (Å²) >= 11 is 1.68. The molecule has 1 nitrogen and oxygen atoms in total. The molecular weight excluding hydrogens is 234 g/mol. The second-order valence-corrected chi connectivity index (χ2v) is 2.01. The van der Waals surface area contributed by atoms with Crippen LogP contribution in [0.5, 0.6) is 0 Å². The standard InChI is InChI=1S/C3H5F3IN/c4-3(5,6)1-2-8-7/h8H,1-2H2. The first-order valence-corrected chi connectivity index (χ1v) is 3.04. The van der Waals surface area contributed by atoms with Crippen molar-refractivity contribution >= 4 is 22.9 Å². The molecule has 0 atom stereocenters. The first-order valence-electron chi connectivity index (χ1n) is 1.96. The molecule has 0 amide bonds. The molecule has 0 aromatic rings. The van der Waals surface area contributed by atoms with Gasteiger partial charge in [0, 0.05) is 29.4 Å². The van der Waals surface area contributed by atoms with Crippen molar-refractivity contribution in [2.24, 2.45) is 0 Å². The molecule has 50 valence electrons. The molecule has 0 saturated carbocycles. The number of alkyl halides is 3. The molecule has 0 aliphatic rings. The number of nitrogens with one attached hydrogen (secondary N) is 1. The van der Waals surface area contributed by atoms with Crippen LogP contribution in [0.3, 0.4) is 0 Å². The predicted molar refractivity (Wildman–Crippen MR) is 32.7 cm³/mol. The maximum absolute atomic E-state index is 11.2. The first kappa shape index (κ1) is 8.48. The van der Waals surface area contributed by atoms with Gasteiger partial charge in [0.15, 0.2) is 0 Å². The van der Waals surface area contributed by atoms with E-state index in [4.69, 9.17) is 0 Å². The lowest BCUT2D eigenvalue weighted by Gasteiger charge is -2.02. The third-order valence-corrected chi connectivity index (χ3v) is 1.04. The van der Waals surface area contributed by atoms with E-state index in [-0.39, 0.29) is 6.54 Å². The van der Waals surface area contributed by atoms with Crippen LogP contribution in [0, 0.1) is 0 Å². The summed E-state index contributed by atoms with van der Waals surface area (Å²) < 4.78 is 36.0. The van der Waals surface area contributed by atoms with Gasteiger partial charge in [0.2, 0.25) is 0 Å². The molecule has 0 saturated heterocycles. The van der Waals surface area contributed by atoms with Gasteiger partial charge in [-0.25, -0.2) is 0 Å². The molecule has 1 N–H and O–H groups in total. The summed E-state index contributed by atoms with van der Waals surface area (Å²) in [6, 6.07) is 0. The Hall–Kier alpha value is 0.480. The summed E-state index contributed by atoms with van der Waals surface area (Å²) in [6.07, 6.45) is -4.77. The molecule has 0 aromatic heterocycles. The lowest BCUT2D eigenvalue weighted by atomic mass is 10.4. The number of rotatable bonds is 2. The van der Waals surface area contributed by atoms with Gasteiger partial charge in [-0.05, 0) is 0 Å². The number of hydrogen-bond donors (Lipinski definition) is 1. The van der Waals surface area contributed by atoms with Gasteiger partial charge in [-0.15, -0.1) is 0 Å². The average molecular weight is 239 g/mol. The highest BCUT2D eigenvalue weighted by atomic mass is 127. The van der Waals surface area contributed by atoms with Gasteiger partial charge in [0.1, 0.15) is 0 Å². The summed E-state index contributed by atoms with van der Waals surface area (Å²) in [7, 11) is 0. The number of hydrogen-bond acceptors (Lipinski definition) is 1. The second-order valence-electron chi connectivity index (χ2n) is 1.25. The molecule has 0 aliphatic carbocycles. The van der Waals surface area contributed by atoms with Crippen molar-refractivity contribution < 1.29 is 13.2 Å². The molecule has 0 bridgehead atoms. The van der Waals surface area contributed by atoms with Gasteiger partial charge in [-0.2, -0.15) is 13.2 Å². The van der Waals surface area contributed by atoms with Gasteiger partial charge >= 0.3 is 6.18 Å². The Kier molecular flexibility index (Phi) is 3.70. The van der Waals surface area contributed by atoms with Crippen molar-refractivity contribution in [1.82, 2.24) is 3.53 Å². The van der Waals surface area contributed by atoms with Crippen molar-refractivity contribution in [3.05, 3.63) is 0 Å². The summed E-state index contributed by atoms with van der Waals surface area (Å²) in [5.41, 5.74) is 0. The smallest absolute Gasteiger partial charge is 0.261 e. The van der Waals surface area contributed by atoms with E-state index in [0.29, 0.717) is 0 Å². The third kappa shape index (κ3) is 6.48. The van der Waals surface area contributed by atoms with Gasteiger partial charge in [0.25, 0.3) is 0 Å². The fourth-order valence-corrected chi connectivity index (χ4v) is 0.459. The third-order valence-electron chi connectivity index (χ3n) is 0.503. The van der Waals surface area contributed by atoms with Crippen LogP contribution in [0.25, 0.3) is 0 Å². The lowest BCUT2D eigenvalue weighted by molar-refractivity contribution is -0.132. The first-order chi connectivity index (χ1) is 3.56. The minimum absolute atomic E-state index is 0.00986. The van der Waals surface area contributed by atoms with Crippen LogP contribution in [0.4, 0.5) is 13.2 Å². The highest BCUT2D eigenvalue weighted by Gasteiger charge is 2.25. The van der Waals surface area contributed by atoms with Crippen molar-refractivity contribution in [1.29, 1.82) is 0 Å². The van der Waals surface area contributed by atoms with E-state index in [1.807, 2.05) is 0 Å². The van der Waals surface area contributed by atoms with E-state index in [9.17, 15) is 13.2 Å². The number of halogens is 4. The Balaban J connectivity index is 3.11. The van der Waals surface area contributed by atoms with Gasteiger partial charge in [0.05, 0.1) is 6.42 Å². The summed E-state index contributed by atoms with van der Waals surface area (Å²) in [4.78, 5) is 0. The molecular formula is C3H5F3IN. The molecule has 0 heterocycles. The van der Waals surface area contributed by atoms with Crippen LogP contribution in [0.2, 0.25) is 0 Å². The maximum atomic E-state index is 11.2. The fourth-order valence-electron chi connectivity index (χ4n) is 0.189. The van der Waals surface area contributed by atoms with Crippen LogP contribution in [-0.2, 0) is 0 Å². The minimum atomic E-state index is -4.02. The Labute approximate surface area is 59.1 Å². The second kappa shape index (κ2) is 3.49. The molecule has 0 aromatic carbocycles. The largest absolute Gasteiger partial charge is 0.390 e. The van der Waals surface area contributed by atoms with E-state index < -0.39 is 12.6 Å². The SMILES string of the molecule is FC(F)(F)CCNI. The van der Waals surface area contributed by atoms with E-state index >= 15 is 0 Å². The quantitative estimate of drug-likeness (QED) is 0.573. The monoisotopic (exact) mass is 239 g/mol. The van der Waals surface area contributed by atoms with Crippen molar-refractivity contribution in [3.8, 4) is 0 Å². The van der Waals surface area contributed by atoms with Gasteiger partial charge < -0.3 is 0 Å². The molecule has 0 unspecified atom stereocenters. The van der Waals surface area contributed by atoms with Crippen LogP contribution in [-0.4, -0.2) is 12.7 Å². The molecule has 0 aliphatic heterocycles. The zero-order chi connectivity index (χ0) is 6.62. The van der Waals surface area contributed by atoms with E-state index in [1.54, 1.807) is 22.9 Å². The Morgan fingerprint density at radius 1 is 1.38 bits per heavy atom. The average Bonchev–Trinajstić information content (AvgIpc) is 1.59. The van der Waals surface area contributed by atoms with Gasteiger partial charge in [-0.3, -0.25) is 3.53 Å². The van der Waals surface area contributed by atoms with Crippen LogP contribution >= 0.6 is 22.9 Å². The highest BCUT2D eigenvalue weighted by molar-refractivity contribution is 14.1. The fraction of sp³-hybridized carbons (Fsp3) is 1.00. The zero-order valence-electron chi connectivity index (χ0n) is 3.93. The highest BCUT2D eigenvalue weighted by Crippen LogP contribution is 2.18. The topological polar surface area (TPSA) is 12.0 Å². The van der Waals surface area contributed by atoms with Crippen LogP contribution in [0.1, 0.15) is 6.42 Å². The predicted octanol–water partition coefficient (Wildman–Crippen LogP) is 1.88. The van der Waals surface area contributed by atoms with Crippen molar-refractivity contribution in [3.63, 3.8) is 0 Å².